The summed E-state index contributed by atoms with van der Waals surface area (Å²) in [5.41, 5.74) is 8.87. The average Bonchev–Trinajstić information content (AvgIpc) is 3.11. The zero-order chi connectivity index (χ0) is 35.5. The maximum atomic E-state index is 15.1. The fourth-order valence-corrected chi connectivity index (χ4v) is 5.60. The highest BCUT2D eigenvalue weighted by atomic mass is 19.4. The van der Waals surface area contributed by atoms with Crippen molar-refractivity contribution >= 4 is 17.7 Å². The predicted octanol–water partition coefficient (Wildman–Crippen LogP) is 6.29. The molecule has 1 aliphatic rings. The number of carbonyl (C=O) groups excluding carboxylic acids is 2. The van der Waals surface area contributed by atoms with Crippen LogP contribution in [0.4, 0.5) is 28.0 Å². The summed E-state index contributed by atoms with van der Waals surface area (Å²) in [4.78, 5) is 25.2. The summed E-state index contributed by atoms with van der Waals surface area (Å²) in [6.45, 7) is -1.20. The summed E-state index contributed by atoms with van der Waals surface area (Å²) in [7, 11) is 0. The zero-order valence-corrected chi connectivity index (χ0v) is 27.0. The minimum Gasteiger partial charge on any atom is -0.457 e. The third-order valence-electron chi connectivity index (χ3n) is 8.15. The topological polar surface area (TPSA) is 124 Å². The number of halogens is 4. The highest BCUT2D eigenvalue weighted by Crippen LogP contribution is 2.31. The van der Waals surface area contributed by atoms with E-state index in [0.29, 0.717) is 35.7 Å². The van der Waals surface area contributed by atoms with Crippen LogP contribution in [0.1, 0.15) is 29.0 Å². The first-order valence-corrected chi connectivity index (χ1v) is 16.1. The molecule has 13 heteroatoms. The van der Waals surface area contributed by atoms with E-state index in [2.05, 4.69) is 10.6 Å². The van der Waals surface area contributed by atoms with Crippen molar-refractivity contribution < 1.29 is 41.4 Å². The van der Waals surface area contributed by atoms with E-state index in [4.69, 9.17) is 19.9 Å². The molecule has 0 radical (unpaired) electrons. The van der Waals surface area contributed by atoms with Gasteiger partial charge in [-0.3, -0.25) is 4.79 Å². The Labute approximate surface area is 287 Å². The number of benzene rings is 4. The number of morpholine rings is 1. The summed E-state index contributed by atoms with van der Waals surface area (Å²) in [5, 5.41) is 7.62. The molecule has 5 rings (SSSR count). The quantitative estimate of drug-likeness (QED) is 0.121. The Balaban J connectivity index is 1.19. The van der Waals surface area contributed by atoms with Crippen molar-refractivity contribution in [3.8, 4) is 11.5 Å². The molecule has 0 unspecified atom stereocenters. The number of amides is 2. The van der Waals surface area contributed by atoms with Crippen LogP contribution in [0.25, 0.3) is 0 Å². The largest absolute Gasteiger partial charge is 0.457 e. The second kappa shape index (κ2) is 17.1. The van der Waals surface area contributed by atoms with E-state index in [0.717, 1.165) is 11.1 Å². The minimum absolute atomic E-state index is 0.132. The Kier molecular flexibility index (Phi) is 12.4. The molecule has 4 aromatic carbocycles. The van der Waals surface area contributed by atoms with Crippen LogP contribution < -0.4 is 26.4 Å². The van der Waals surface area contributed by atoms with Crippen molar-refractivity contribution in [2.75, 3.05) is 31.6 Å². The lowest BCUT2D eigenvalue weighted by Gasteiger charge is -2.30. The number of rotatable bonds is 13. The fraction of sp³-hybridized carbons (Fsp3) is 0.297. The Morgan fingerprint density at radius 3 is 2.22 bits per heavy atom. The van der Waals surface area contributed by atoms with E-state index in [-0.39, 0.29) is 25.7 Å². The molecule has 1 aliphatic heterocycles. The normalized spacial score (nSPS) is 17.3. The molecular formula is C37H38F4N4O5. The molecule has 1 heterocycles. The molecule has 4 atom stereocenters. The second-order valence-corrected chi connectivity index (χ2v) is 11.8. The number of ether oxygens (including phenoxy) is 3. The van der Waals surface area contributed by atoms with E-state index in [1.807, 2.05) is 84.9 Å². The molecule has 0 bridgehead atoms. The van der Waals surface area contributed by atoms with Gasteiger partial charge in [0.25, 0.3) is 0 Å². The summed E-state index contributed by atoms with van der Waals surface area (Å²) in [5.74, 6) is -0.188. The van der Waals surface area contributed by atoms with E-state index in [1.165, 1.54) is 12.1 Å². The first-order chi connectivity index (χ1) is 24.1. The van der Waals surface area contributed by atoms with Gasteiger partial charge in [-0.25, -0.2) is 9.18 Å². The zero-order valence-electron chi connectivity index (χ0n) is 27.0. The van der Waals surface area contributed by atoms with Crippen molar-refractivity contribution in [1.29, 1.82) is 0 Å². The van der Waals surface area contributed by atoms with Gasteiger partial charge in [-0.1, -0.05) is 66.7 Å². The molecule has 5 N–H and O–H groups in total. The van der Waals surface area contributed by atoms with Crippen molar-refractivity contribution in [3.05, 3.63) is 126 Å². The number of hydrogen-bond acceptors (Lipinski definition) is 7. The number of hydrogen-bond donors (Lipinski definition) is 4. The number of nitrogens with two attached hydrogens (primary N) is 1. The number of alkyl halides is 3. The minimum atomic E-state index is -4.54. The van der Waals surface area contributed by atoms with Crippen LogP contribution in [0.5, 0.6) is 11.5 Å². The van der Waals surface area contributed by atoms with Crippen molar-refractivity contribution in [2.45, 2.75) is 43.1 Å². The number of carbonyl (C=O) groups is 2. The molecule has 1 fully saturated rings. The third kappa shape index (κ3) is 10.5. The van der Waals surface area contributed by atoms with Gasteiger partial charge >= 0.3 is 12.3 Å². The van der Waals surface area contributed by atoms with Crippen LogP contribution >= 0.6 is 0 Å². The van der Waals surface area contributed by atoms with Crippen molar-refractivity contribution in [2.24, 2.45) is 5.73 Å². The van der Waals surface area contributed by atoms with Crippen molar-refractivity contribution in [1.82, 2.24) is 10.6 Å². The third-order valence-corrected chi connectivity index (χ3v) is 8.15. The van der Waals surface area contributed by atoms with E-state index in [1.54, 1.807) is 11.4 Å². The van der Waals surface area contributed by atoms with Gasteiger partial charge in [-0.2, -0.15) is 13.2 Å². The molecule has 4 aromatic rings. The van der Waals surface area contributed by atoms with Gasteiger partial charge in [-0.15, -0.1) is 0 Å². The summed E-state index contributed by atoms with van der Waals surface area (Å²) in [6, 6.07) is 29.2. The number of alkyl carbamates (subject to hydrolysis) is 1. The van der Waals surface area contributed by atoms with Crippen molar-refractivity contribution in [3.63, 3.8) is 0 Å². The average molecular weight is 695 g/mol. The summed E-state index contributed by atoms with van der Waals surface area (Å²) < 4.78 is 68.5. The lowest BCUT2D eigenvalue weighted by molar-refractivity contribution is -0.124. The Bertz CT molecular complexity index is 1690. The molecule has 50 heavy (non-hydrogen) atoms. The van der Waals surface area contributed by atoms with Crippen LogP contribution in [0.15, 0.2) is 103 Å². The lowest BCUT2D eigenvalue weighted by atomic mass is 9.85. The molecule has 0 aromatic heterocycles. The maximum Gasteiger partial charge on any atom is 0.407 e. The molecule has 9 nitrogen and oxygen atoms in total. The number of anilines is 1. The van der Waals surface area contributed by atoms with Gasteiger partial charge in [0.1, 0.15) is 30.5 Å². The Hall–Kier alpha value is -4.98. The van der Waals surface area contributed by atoms with Gasteiger partial charge < -0.3 is 35.9 Å². The molecule has 0 spiro atoms. The van der Waals surface area contributed by atoms with E-state index < -0.39 is 48.5 Å². The van der Waals surface area contributed by atoms with Gasteiger partial charge in [0.2, 0.25) is 5.91 Å². The van der Waals surface area contributed by atoms with Gasteiger partial charge in [0.05, 0.1) is 24.8 Å². The fourth-order valence-electron chi connectivity index (χ4n) is 5.60. The Morgan fingerprint density at radius 2 is 1.56 bits per heavy atom. The first-order valence-electron chi connectivity index (χ1n) is 16.1. The molecule has 0 aliphatic carbocycles. The van der Waals surface area contributed by atoms with Gasteiger partial charge in [0, 0.05) is 23.7 Å². The van der Waals surface area contributed by atoms with E-state index >= 15 is 4.39 Å². The predicted molar refractivity (Wildman–Crippen MR) is 180 cm³/mol. The molecule has 1 saturated heterocycles. The summed E-state index contributed by atoms with van der Waals surface area (Å²) >= 11 is 0. The smallest absolute Gasteiger partial charge is 0.407 e. The first kappa shape index (κ1) is 36.3. The molecule has 0 saturated carbocycles. The highest BCUT2D eigenvalue weighted by Gasteiger charge is 2.30. The number of nitrogens with one attached hydrogen (secondary N) is 3. The molecule has 264 valence electrons. The standard InChI is InChI=1S/C37H38F4N4O5/c38-31-12-7-13-32(30(31)19-18-29-20-43-26(21-48-29)22-49-36(47)44-23-37(39,40)41)45-35(46)34(42)33(24-8-3-1-4-9-24)25-14-16-28(17-15-25)50-27-10-5-2-6-11-27/h1-17,26,29,33-34,43H,18-23,42H2,(H,44,47)(H,45,46)/t26-,29+,33+,34-/m0/s1. The van der Waals surface area contributed by atoms with Crippen LogP contribution in [0.2, 0.25) is 0 Å². The van der Waals surface area contributed by atoms with Gasteiger partial charge in [0.15, 0.2) is 0 Å². The lowest BCUT2D eigenvalue weighted by Crippen LogP contribution is -2.49. The van der Waals surface area contributed by atoms with E-state index in [9.17, 15) is 22.8 Å². The van der Waals surface area contributed by atoms with Crippen LogP contribution in [-0.2, 0) is 20.7 Å². The van der Waals surface area contributed by atoms with Crippen LogP contribution in [0.3, 0.4) is 0 Å². The van der Waals surface area contributed by atoms with Crippen LogP contribution in [0, 0.1) is 5.82 Å². The highest BCUT2D eigenvalue weighted by molar-refractivity contribution is 5.96. The molecule has 2 amide bonds. The number of para-hydroxylation sites is 1. The second-order valence-electron chi connectivity index (χ2n) is 11.8. The maximum absolute atomic E-state index is 15.1. The monoisotopic (exact) mass is 694 g/mol. The Morgan fingerprint density at radius 1 is 0.900 bits per heavy atom. The molecular weight excluding hydrogens is 656 g/mol. The summed E-state index contributed by atoms with van der Waals surface area (Å²) in [6.07, 6.45) is -5.42. The van der Waals surface area contributed by atoms with Crippen LogP contribution in [-0.4, -0.2) is 62.7 Å². The SMILES string of the molecule is N[C@H](C(=O)Nc1cccc(F)c1CC[C@@H]1CN[C@H](COC(=O)NCC(F)(F)F)CO1)[C@H](c1ccccc1)c1ccc(Oc2ccccc2)cc1. The van der Waals surface area contributed by atoms with Gasteiger partial charge in [-0.05, 0) is 60.4 Å².